The fraction of sp³-hybridized carbons (Fsp3) is 0.577. The van der Waals surface area contributed by atoms with Crippen molar-refractivity contribution in [3.8, 4) is 11.3 Å². The Labute approximate surface area is 196 Å². The highest BCUT2D eigenvalue weighted by Gasteiger charge is 2.27. The van der Waals surface area contributed by atoms with Gasteiger partial charge in [-0.1, -0.05) is 22.9 Å². The molecule has 4 rings (SSSR count). The Hall–Kier alpha value is -2.67. The van der Waals surface area contributed by atoms with Gasteiger partial charge in [0, 0.05) is 50.8 Å². The molecule has 2 amide bonds. The number of aromatic nitrogens is 1. The summed E-state index contributed by atoms with van der Waals surface area (Å²) in [4.78, 5) is 29.8. The molecule has 0 radical (unpaired) electrons. The number of likely N-dealkylation sites (tertiary alicyclic amines) is 1. The van der Waals surface area contributed by atoms with E-state index in [9.17, 15) is 9.59 Å². The first kappa shape index (κ1) is 23.5. The Morgan fingerprint density at radius 2 is 1.79 bits per heavy atom. The third-order valence-electron chi connectivity index (χ3n) is 6.69. The number of nitrogens with zero attached hydrogens (tertiary/aromatic N) is 3. The second-order valence-corrected chi connectivity index (χ2v) is 9.43. The maximum atomic E-state index is 13.4. The zero-order chi connectivity index (χ0) is 23.4. The Morgan fingerprint density at radius 3 is 2.45 bits per heavy atom. The van der Waals surface area contributed by atoms with Crippen LogP contribution in [0.4, 0.5) is 0 Å². The lowest BCUT2D eigenvalue weighted by Crippen LogP contribution is -2.42. The molecule has 0 aliphatic carbocycles. The molecular formula is C26H35N3O4. The van der Waals surface area contributed by atoms with Crippen molar-refractivity contribution >= 4 is 11.8 Å². The summed E-state index contributed by atoms with van der Waals surface area (Å²) in [5, 5.41) is 4.11. The van der Waals surface area contributed by atoms with Crippen LogP contribution in [0.2, 0.25) is 0 Å². The van der Waals surface area contributed by atoms with Crippen LogP contribution in [0.3, 0.4) is 0 Å². The van der Waals surface area contributed by atoms with E-state index in [0.717, 1.165) is 62.1 Å². The summed E-state index contributed by atoms with van der Waals surface area (Å²) in [6.45, 7) is 9.33. The van der Waals surface area contributed by atoms with Gasteiger partial charge in [0.05, 0.1) is 6.10 Å². The van der Waals surface area contributed by atoms with Gasteiger partial charge in [-0.2, -0.15) is 0 Å². The van der Waals surface area contributed by atoms with E-state index in [0.29, 0.717) is 25.3 Å². The van der Waals surface area contributed by atoms with E-state index in [1.807, 2.05) is 18.7 Å². The van der Waals surface area contributed by atoms with E-state index < -0.39 is 0 Å². The van der Waals surface area contributed by atoms with Gasteiger partial charge < -0.3 is 19.1 Å². The molecule has 2 aliphatic rings. The number of benzene rings is 1. The zero-order valence-corrected chi connectivity index (χ0v) is 20.1. The smallest absolute Gasteiger partial charge is 0.276 e. The molecule has 0 saturated carbocycles. The third kappa shape index (κ3) is 5.64. The molecule has 2 fully saturated rings. The SMILES string of the molecule is Cc1cc(C)c(-c2cc(C(=O)N(CCC(=O)N3CCCCC3)C[C@@H]3CCCO3)no2)c(C)c1. The Bertz CT molecular complexity index is 964. The summed E-state index contributed by atoms with van der Waals surface area (Å²) in [5.74, 6) is 0.496. The minimum absolute atomic E-state index is 0.00648. The molecule has 1 aromatic heterocycles. The lowest BCUT2D eigenvalue weighted by molar-refractivity contribution is -0.132. The van der Waals surface area contributed by atoms with Crippen LogP contribution in [-0.2, 0) is 9.53 Å². The predicted octanol–water partition coefficient (Wildman–Crippen LogP) is 4.29. The molecule has 0 bridgehead atoms. The maximum Gasteiger partial charge on any atom is 0.276 e. The van der Waals surface area contributed by atoms with Crippen LogP contribution in [0, 0.1) is 20.8 Å². The van der Waals surface area contributed by atoms with Crippen molar-refractivity contribution in [1.29, 1.82) is 0 Å². The number of piperidine rings is 1. The van der Waals surface area contributed by atoms with Crippen LogP contribution >= 0.6 is 0 Å². The molecule has 7 nitrogen and oxygen atoms in total. The van der Waals surface area contributed by atoms with Crippen molar-refractivity contribution in [1.82, 2.24) is 15.0 Å². The van der Waals surface area contributed by atoms with Crippen LogP contribution in [0.25, 0.3) is 11.3 Å². The van der Waals surface area contributed by atoms with E-state index >= 15 is 0 Å². The average molecular weight is 454 g/mol. The molecule has 0 spiro atoms. The van der Waals surface area contributed by atoms with E-state index in [4.69, 9.17) is 9.26 Å². The first-order valence-electron chi connectivity index (χ1n) is 12.2. The van der Waals surface area contributed by atoms with Gasteiger partial charge in [-0.05, 0) is 64.0 Å². The highest BCUT2D eigenvalue weighted by molar-refractivity contribution is 5.93. The molecule has 0 N–H and O–H groups in total. The van der Waals surface area contributed by atoms with Gasteiger partial charge in [0.15, 0.2) is 11.5 Å². The number of amides is 2. The summed E-state index contributed by atoms with van der Waals surface area (Å²) < 4.78 is 11.4. The first-order valence-corrected chi connectivity index (χ1v) is 12.2. The van der Waals surface area contributed by atoms with Gasteiger partial charge in [0.1, 0.15) is 0 Å². The van der Waals surface area contributed by atoms with Gasteiger partial charge in [0.2, 0.25) is 5.91 Å². The van der Waals surface area contributed by atoms with Crippen molar-refractivity contribution in [3.63, 3.8) is 0 Å². The van der Waals surface area contributed by atoms with E-state index in [-0.39, 0.29) is 23.6 Å². The number of ether oxygens (including phenoxy) is 1. The van der Waals surface area contributed by atoms with Gasteiger partial charge in [-0.15, -0.1) is 0 Å². The zero-order valence-electron chi connectivity index (χ0n) is 20.1. The van der Waals surface area contributed by atoms with Crippen molar-refractivity contribution in [3.05, 3.63) is 40.6 Å². The molecule has 2 aliphatic heterocycles. The van der Waals surface area contributed by atoms with Crippen molar-refractivity contribution in [2.75, 3.05) is 32.8 Å². The number of carbonyl (C=O) groups excluding carboxylic acids is 2. The second kappa shape index (κ2) is 10.5. The molecule has 2 saturated heterocycles. The highest BCUT2D eigenvalue weighted by Crippen LogP contribution is 2.29. The van der Waals surface area contributed by atoms with E-state index in [1.54, 1.807) is 11.0 Å². The van der Waals surface area contributed by atoms with Gasteiger partial charge in [0.25, 0.3) is 5.91 Å². The number of carbonyl (C=O) groups is 2. The summed E-state index contributed by atoms with van der Waals surface area (Å²) in [6.07, 6.45) is 5.55. The molecule has 178 valence electrons. The van der Waals surface area contributed by atoms with Crippen LogP contribution in [-0.4, -0.2) is 65.7 Å². The van der Waals surface area contributed by atoms with Crippen LogP contribution in [0.1, 0.15) is 65.7 Å². The largest absolute Gasteiger partial charge is 0.376 e. The Balaban J connectivity index is 1.49. The van der Waals surface area contributed by atoms with E-state index in [1.165, 1.54) is 12.0 Å². The summed E-state index contributed by atoms with van der Waals surface area (Å²) in [7, 11) is 0. The van der Waals surface area contributed by atoms with Crippen LogP contribution in [0.5, 0.6) is 0 Å². The molecule has 2 aromatic rings. The molecule has 1 aromatic carbocycles. The topological polar surface area (TPSA) is 75.9 Å². The predicted molar refractivity (Wildman–Crippen MR) is 126 cm³/mol. The van der Waals surface area contributed by atoms with Crippen molar-refractivity contribution in [2.45, 2.75) is 65.4 Å². The summed E-state index contributed by atoms with van der Waals surface area (Å²) in [5.41, 5.74) is 4.61. The maximum absolute atomic E-state index is 13.4. The Morgan fingerprint density at radius 1 is 1.06 bits per heavy atom. The molecule has 7 heteroatoms. The monoisotopic (exact) mass is 453 g/mol. The fourth-order valence-electron chi connectivity index (χ4n) is 5.07. The molecular weight excluding hydrogens is 418 g/mol. The van der Waals surface area contributed by atoms with Crippen molar-refractivity contribution in [2.24, 2.45) is 0 Å². The standard InChI is InChI=1S/C26H35N3O4/c1-18-14-19(2)25(20(3)15-18)23-16-22(27-33-23)26(31)29(17-21-8-7-13-32-21)12-9-24(30)28-10-5-4-6-11-28/h14-16,21H,4-13,17H2,1-3H3/t21-/m0/s1. The highest BCUT2D eigenvalue weighted by atomic mass is 16.5. The van der Waals surface area contributed by atoms with Gasteiger partial charge in [-0.25, -0.2) is 0 Å². The second-order valence-electron chi connectivity index (χ2n) is 9.43. The average Bonchev–Trinajstić information content (AvgIpc) is 3.48. The summed E-state index contributed by atoms with van der Waals surface area (Å²) in [6, 6.07) is 5.92. The Kier molecular flexibility index (Phi) is 7.48. The minimum atomic E-state index is -0.214. The van der Waals surface area contributed by atoms with Crippen LogP contribution < -0.4 is 0 Å². The van der Waals surface area contributed by atoms with Crippen LogP contribution in [0.15, 0.2) is 22.7 Å². The molecule has 33 heavy (non-hydrogen) atoms. The van der Waals surface area contributed by atoms with Gasteiger partial charge in [-0.3, -0.25) is 9.59 Å². The minimum Gasteiger partial charge on any atom is -0.376 e. The first-order chi connectivity index (χ1) is 15.9. The number of aryl methyl sites for hydroxylation is 3. The summed E-state index contributed by atoms with van der Waals surface area (Å²) >= 11 is 0. The van der Waals surface area contributed by atoms with Gasteiger partial charge >= 0.3 is 0 Å². The number of hydrogen-bond acceptors (Lipinski definition) is 5. The number of rotatable bonds is 7. The lowest BCUT2D eigenvalue weighted by Gasteiger charge is -2.29. The third-order valence-corrected chi connectivity index (χ3v) is 6.69. The molecule has 0 unspecified atom stereocenters. The quantitative estimate of drug-likeness (QED) is 0.625. The van der Waals surface area contributed by atoms with E-state index in [2.05, 4.69) is 24.2 Å². The molecule has 3 heterocycles. The van der Waals surface area contributed by atoms with Crippen molar-refractivity contribution < 1.29 is 18.8 Å². The normalized spacial score (nSPS) is 18.5. The molecule has 1 atom stereocenters. The number of hydrogen-bond donors (Lipinski definition) is 0. The fourth-order valence-corrected chi connectivity index (χ4v) is 5.07. The lowest BCUT2D eigenvalue weighted by atomic mass is 9.98.